The number of carbonyl (C=O) groups is 1. The van der Waals surface area contributed by atoms with Crippen LogP contribution in [-0.2, 0) is 7.05 Å². The molecule has 1 N–H and O–H groups in total. The predicted octanol–water partition coefficient (Wildman–Crippen LogP) is 2.32. The number of aromatic nitrogens is 2. The van der Waals surface area contributed by atoms with E-state index in [1.165, 1.54) is 7.11 Å². The molecule has 6 heteroatoms. The van der Waals surface area contributed by atoms with Crippen molar-refractivity contribution in [2.75, 3.05) is 13.7 Å². The van der Waals surface area contributed by atoms with Crippen LogP contribution in [0.5, 0.6) is 11.6 Å². The van der Waals surface area contributed by atoms with Gasteiger partial charge in [-0.2, -0.15) is 5.10 Å². The van der Waals surface area contributed by atoms with Crippen molar-refractivity contribution < 1.29 is 14.3 Å². The molecule has 0 aliphatic carbocycles. The molecule has 124 valence electrons. The lowest BCUT2D eigenvalue weighted by Gasteiger charge is -2.18. The van der Waals surface area contributed by atoms with Gasteiger partial charge >= 0.3 is 0 Å². The van der Waals surface area contributed by atoms with E-state index in [1.807, 2.05) is 37.3 Å². The zero-order valence-electron chi connectivity index (χ0n) is 14.0. The summed E-state index contributed by atoms with van der Waals surface area (Å²) in [6.07, 6.45) is 0.697. The molecule has 0 aliphatic rings. The van der Waals surface area contributed by atoms with Gasteiger partial charge in [0.25, 0.3) is 5.91 Å². The molecule has 0 saturated carbocycles. The van der Waals surface area contributed by atoms with Crippen LogP contribution >= 0.6 is 0 Å². The average Bonchev–Trinajstić information content (AvgIpc) is 2.85. The lowest BCUT2D eigenvalue weighted by molar-refractivity contribution is 0.0922. The van der Waals surface area contributed by atoms with E-state index in [1.54, 1.807) is 18.7 Å². The van der Waals surface area contributed by atoms with Crippen molar-refractivity contribution in [3.05, 3.63) is 41.6 Å². The van der Waals surface area contributed by atoms with Crippen LogP contribution in [-0.4, -0.2) is 35.4 Å². The Labute approximate surface area is 136 Å². The molecule has 1 atom stereocenters. The number of nitrogens with one attached hydrogen (secondary N) is 1. The van der Waals surface area contributed by atoms with Crippen LogP contribution in [0.15, 0.2) is 30.3 Å². The van der Waals surface area contributed by atoms with Gasteiger partial charge in [0.1, 0.15) is 17.4 Å². The molecule has 23 heavy (non-hydrogen) atoms. The van der Waals surface area contributed by atoms with E-state index in [0.717, 1.165) is 12.2 Å². The Bertz CT molecular complexity index is 653. The third-order valence-electron chi connectivity index (χ3n) is 3.58. The van der Waals surface area contributed by atoms with Crippen LogP contribution in [0.3, 0.4) is 0 Å². The average molecular weight is 317 g/mol. The second kappa shape index (κ2) is 7.67. The second-order valence-corrected chi connectivity index (χ2v) is 5.26. The molecular weight excluding hydrogens is 294 g/mol. The minimum Gasteiger partial charge on any atom is -0.489 e. The van der Waals surface area contributed by atoms with Gasteiger partial charge in [-0.05, 0) is 25.5 Å². The fourth-order valence-electron chi connectivity index (χ4n) is 2.39. The molecular formula is C17H23N3O3. The van der Waals surface area contributed by atoms with Crippen LogP contribution in [0.1, 0.15) is 29.4 Å². The van der Waals surface area contributed by atoms with Gasteiger partial charge in [0.05, 0.1) is 19.3 Å². The maximum absolute atomic E-state index is 12.4. The van der Waals surface area contributed by atoms with E-state index in [0.29, 0.717) is 23.7 Å². The second-order valence-electron chi connectivity index (χ2n) is 5.26. The van der Waals surface area contributed by atoms with Crippen LogP contribution < -0.4 is 14.8 Å². The molecule has 1 aromatic heterocycles. The van der Waals surface area contributed by atoms with Crippen LogP contribution in [0, 0.1) is 6.92 Å². The lowest BCUT2D eigenvalue weighted by atomic mass is 10.2. The van der Waals surface area contributed by atoms with Gasteiger partial charge in [0.15, 0.2) is 0 Å². The smallest absolute Gasteiger partial charge is 0.258 e. The number of amides is 1. The van der Waals surface area contributed by atoms with Crippen LogP contribution in [0.4, 0.5) is 0 Å². The standard InChI is InChI=1S/C17H23N3O3/c1-5-13(23-14-9-7-6-8-10-14)11-18-16(21)15-12(2)19-20(3)17(15)22-4/h6-10,13H,5,11H2,1-4H3,(H,18,21). The van der Waals surface area contributed by atoms with Crippen LogP contribution in [0.25, 0.3) is 0 Å². The molecule has 0 spiro atoms. The first kappa shape index (κ1) is 16.9. The van der Waals surface area contributed by atoms with Crippen molar-refractivity contribution in [1.29, 1.82) is 0 Å². The summed E-state index contributed by atoms with van der Waals surface area (Å²) in [5.41, 5.74) is 1.10. The first-order valence-corrected chi connectivity index (χ1v) is 7.64. The monoisotopic (exact) mass is 317 g/mol. The molecule has 0 bridgehead atoms. The third kappa shape index (κ3) is 4.03. The molecule has 0 aliphatic heterocycles. The molecule has 1 aromatic carbocycles. The van der Waals surface area contributed by atoms with Gasteiger partial charge in [0.2, 0.25) is 5.88 Å². The van der Waals surface area contributed by atoms with Crippen molar-refractivity contribution in [2.45, 2.75) is 26.4 Å². The SMILES string of the molecule is CCC(CNC(=O)c1c(C)nn(C)c1OC)Oc1ccccc1. The number of benzene rings is 1. The zero-order chi connectivity index (χ0) is 16.8. The number of hydrogen-bond donors (Lipinski definition) is 1. The number of nitrogens with zero attached hydrogens (tertiary/aromatic N) is 2. The van der Waals surface area contributed by atoms with Crippen molar-refractivity contribution in [2.24, 2.45) is 7.05 Å². The molecule has 1 heterocycles. The van der Waals surface area contributed by atoms with Gasteiger partial charge in [-0.3, -0.25) is 4.79 Å². The summed E-state index contributed by atoms with van der Waals surface area (Å²) in [6.45, 7) is 4.23. The Balaban J connectivity index is 2.00. The molecule has 0 fully saturated rings. The Kier molecular flexibility index (Phi) is 5.62. The van der Waals surface area contributed by atoms with Crippen molar-refractivity contribution in [1.82, 2.24) is 15.1 Å². The zero-order valence-corrected chi connectivity index (χ0v) is 14.0. The minimum atomic E-state index is -0.206. The topological polar surface area (TPSA) is 65.4 Å². The number of rotatable bonds is 7. The molecule has 2 aromatic rings. The Morgan fingerprint density at radius 2 is 2.04 bits per heavy atom. The van der Waals surface area contributed by atoms with E-state index in [2.05, 4.69) is 10.4 Å². The van der Waals surface area contributed by atoms with E-state index >= 15 is 0 Å². The predicted molar refractivity (Wildman–Crippen MR) is 88.0 cm³/mol. The highest BCUT2D eigenvalue weighted by atomic mass is 16.5. The summed E-state index contributed by atoms with van der Waals surface area (Å²) in [6, 6.07) is 9.58. The lowest BCUT2D eigenvalue weighted by Crippen LogP contribution is -2.35. The highest BCUT2D eigenvalue weighted by Gasteiger charge is 2.21. The molecule has 1 unspecified atom stereocenters. The summed E-state index contributed by atoms with van der Waals surface area (Å²) in [5.74, 6) is 1.04. The summed E-state index contributed by atoms with van der Waals surface area (Å²) in [4.78, 5) is 12.4. The van der Waals surface area contributed by atoms with Gasteiger partial charge in [-0.15, -0.1) is 0 Å². The molecule has 6 nitrogen and oxygen atoms in total. The summed E-state index contributed by atoms with van der Waals surface area (Å²) in [7, 11) is 3.27. The number of methoxy groups -OCH3 is 1. The fourth-order valence-corrected chi connectivity index (χ4v) is 2.39. The molecule has 1 amide bonds. The summed E-state index contributed by atoms with van der Waals surface area (Å²) < 4.78 is 12.7. The maximum Gasteiger partial charge on any atom is 0.258 e. The first-order valence-electron chi connectivity index (χ1n) is 7.64. The van der Waals surface area contributed by atoms with Gasteiger partial charge in [0, 0.05) is 7.05 Å². The fraction of sp³-hybridized carbons (Fsp3) is 0.412. The number of aryl methyl sites for hydroxylation is 2. The number of hydrogen-bond acceptors (Lipinski definition) is 4. The summed E-state index contributed by atoms with van der Waals surface area (Å²) >= 11 is 0. The number of para-hydroxylation sites is 1. The highest BCUT2D eigenvalue weighted by Crippen LogP contribution is 2.20. The van der Waals surface area contributed by atoms with Gasteiger partial charge in [-0.1, -0.05) is 25.1 Å². The van der Waals surface area contributed by atoms with E-state index in [9.17, 15) is 4.79 Å². The maximum atomic E-state index is 12.4. The molecule has 2 rings (SSSR count). The Morgan fingerprint density at radius 1 is 1.35 bits per heavy atom. The van der Waals surface area contributed by atoms with Crippen molar-refractivity contribution >= 4 is 5.91 Å². The van der Waals surface area contributed by atoms with E-state index < -0.39 is 0 Å². The van der Waals surface area contributed by atoms with Crippen molar-refractivity contribution in [3.63, 3.8) is 0 Å². The van der Waals surface area contributed by atoms with Crippen LogP contribution in [0.2, 0.25) is 0 Å². The highest BCUT2D eigenvalue weighted by molar-refractivity contribution is 5.97. The molecule has 0 saturated heterocycles. The first-order chi connectivity index (χ1) is 11.1. The Hall–Kier alpha value is -2.50. The summed E-state index contributed by atoms with van der Waals surface area (Å²) in [5, 5.41) is 7.12. The number of carbonyl (C=O) groups excluding carboxylic acids is 1. The third-order valence-corrected chi connectivity index (χ3v) is 3.58. The van der Waals surface area contributed by atoms with E-state index in [-0.39, 0.29) is 12.0 Å². The Morgan fingerprint density at radius 3 is 2.65 bits per heavy atom. The quantitative estimate of drug-likeness (QED) is 0.851. The van der Waals surface area contributed by atoms with E-state index in [4.69, 9.17) is 9.47 Å². The molecule has 0 radical (unpaired) electrons. The largest absolute Gasteiger partial charge is 0.489 e. The van der Waals surface area contributed by atoms with Gasteiger partial charge < -0.3 is 14.8 Å². The van der Waals surface area contributed by atoms with Gasteiger partial charge in [-0.25, -0.2) is 4.68 Å². The number of ether oxygens (including phenoxy) is 2. The van der Waals surface area contributed by atoms with Crippen molar-refractivity contribution in [3.8, 4) is 11.6 Å². The normalized spacial score (nSPS) is 11.8. The minimum absolute atomic E-state index is 0.0932.